The number of nitrogens with one attached hydrogen (secondary N) is 2. The molecule has 0 atom stereocenters. The van der Waals surface area contributed by atoms with Gasteiger partial charge in [0.05, 0.1) is 7.11 Å². The number of rotatable bonds is 5. The van der Waals surface area contributed by atoms with Gasteiger partial charge in [-0.2, -0.15) is 0 Å². The van der Waals surface area contributed by atoms with E-state index in [1.54, 1.807) is 12.1 Å². The average molecular weight is 261 g/mol. The van der Waals surface area contributed by atoms with Crippen LogP contribution in [-0.2, 0) is 0 Å². The molecule has 0 aliphatic heterocycles. The van der Waals surface area contributed by atoms with Gasteiger partial charge in [-0.05, 0) is 31.2 Å². The summed E-state index contributed by atoms with van der Waals surface area (Å²) >= 11 is 0. The first kappa shape index (κ1) is 13.1. The lowest BCUT2D eigenvalue weighted by Gasteiger charge is -2.09. The van der Waals surface area contributed by atoms with Gasteiger partial charge in [-0.25, -0.2) is 9.37 Å². The number of hydrogen-bond acceptors (Lipinski definition) is 4. The van der Waals surface area contributed by atoms with E-state index in [9.17, 15) is 4.39 Å². The van der Waals surface area contributed by atoms with Crippen LogP contribution < -0.4 is 15.4 Å². The van der Waals surface area contributed by atoms with Gasteiger partial charge in [0, 0.05) is 18.3 Å². The Morgan fingerprint density at radius 3 is 2.74 bits per heavy atom. The smallest absolute Gasteiger partial charge is 0.165 e. The lowest BCUT2D eigenvalue weighted by molar-refractivity contribution is 0.387. The first-order valence-electron chi connectivity index (χ1n) is 6.04. The quantitative estimate of drug-likeness (QED) is 0.866. The number of halogens is 1. The fourth-order valence-corrected chi connectivity index (χ4v) is 1.67. The Morgan fingerprint density at radius 1 is 1.21 bits per heavy atom. The van der Waals surface area contributed by atoms with Crippen LogP contribution >= 0.6 is 0 Å². The molecule has 0 saturated heterocycles. The average Bonchev–Trinajstić information content (AvgIpc) is 2.42. The van der Waals surface area contributed by atoms with Crippen LogP contribution in [0.5, 0.6) is 5.75 Å². The van der Waals surface area contributed by atoms with Crippen LogP contribution in [0.15, 0.2) is 36.4 Å². The maximum Gasteiger partial charge on any atom is 0.165 e. The van der Waals surface area contributed by atoms with Crippen molar-refractivity contribution < 1.29 is 9.13 Å². The zero-order valence-corrected chi connectivity index (χ0v) is 10.9. The zero-order chi connectivity index (χ0) is 13.7. The molecule has 5 heteroatoms. The maximum atomic E-state index is 13.3. The highest BCUT2D eigenvalue weighted by atomic mass is 19.1. The van der Waals surface area contributed by atoms with Crippen LogP contribution in [0.3, 0.4) is 0 Å². The fraction of sp³-hybridized carbons (Fsp3) is 0.214. The van der Waals surface area contributed by atoms with Gasteiger partial charge in [-0.15, -0.1) is 0 Å². The molecule has 0 fully saturated rings. The Hall–Kier alpha value is -2.30. The summed E-state index contributed by atoms with van der Waals surface area (Å²) in [4.78, 5) is 4.38. The van der Waals surface area contributed by atoms with Crippen LogP contribution in [0.2, 0.25) is 0 Å². The Balaban J connectivity index is 2.18. The number of anilines is 3. The van der Waals surface area contributed by atoms with Gasteiger partial charge in [-0.3, -0.25) is 0 Å². The Morgan fingerprint density at radius 2 is 2.00 bits per heavy atom. The van der Waals surface area contributed by atoms with Gasteiger partial charge in [0.25, 0.3) is 0 Å². The molecule has 0 unspecified atom stereocenters. The summed E-state index contributed by atoms with van der Waals surface area (Å²) in [6.45, 7) is 2.81. The molecular weight excluding hydrogens is 245 g/mol. The number of hydrogen-bond donors (Lipinski definition) is 2. The summed E-state index contributed by atoms with van der Waals surface area (Å²) in [5.41, 5.74) is 0.722. The molecule has 0 saturated carbocycles. The molecular formula is C14H16FN3O. The molecule has 1 aromatic carbocycles. The van der Waals surface area contributed by atoms with E-state index in [-0.39, 0.29) is 11.6 Å². The van der Waals surface area contributed by atoms with Gasteiger partial charge in [-0.1, -0.05) is 6.07 Å². The lowest BCUT2D eigenvalue weighted by Crippen LogP contribution is -2.01. The van der Waals surface area contributed by atoms with Crippen LogP contribution in [-0.4, -0.2) is 18.6 Å². The molecule has 4 nitrogen and oxygen atoms in total. The van der Waals surface area contributed by atoms with Crippen LogP contribution in [0, 0.1) is 5.82 Å². The predicted molar refractivity (Wildman–Crippen MR) is 74.6 cm³/mol. The molecule has 1 aromatic heterocycles. The number of pyridine rings is 1. The van der Waals surface area contributed by atoms with E-state index in [0.29, 0.717) is 5.82 Å². The molecule has 0 radical (unpaired) electrons. The second-order valence-electron chi connectivity index (χ2n) is 3.91. The number of methoxy groups -OCH3 is 1. The molecule has 100 valence electrons. The molecule has 19 heavy (non-hydrogen) atoms. The Bertz CT molecular complexity index is 560. The van der Waals surface area contributed by atoms with Crippen LogP contribution in [0.25, 0.3) is 0 Å². The first-order chi connectivity index (χ1) is 9.22. The van der Waals surface area contributed by atoms with Gasteiger partial charge in [0.15, 0.2) is 11.6 Å². The molecule has 1 heterocycles. The van der Waals surface area contributed by atoms with E-state index in [1.807, 2.05) is 25.1 Å². The van der Waals surface area contributed by atoms with Crippen molar-refractivity contribution in [1.29, 1.82) is 0 Å². The van der Waals surface area contributed by atoms with E-state index in [1.165, 1.54) is 13.2 Å². The molecule has 2 aromatic rings. The van der Waals surface area contributed by atoms with Crippen LogP contribution in [0.4, 0.5) is 21.7 Å². The van der Waals surface area contributed by atoms with Crippen molar-refractivity contribution in [3.63, 3.8) is 0 Å². The number of benzene rings is 1. The summed E-state index contributed by atoms with van der Waals surface area (Å²) < 4.78 is 18.2. The number of aromatic nitrogens is 1. The first-order valence-corrected chi connectivity index (χ1v) is 6.04. The topological polar surface area (TPSA) is 46.2 Å². The third-order valence-corrected chi connectivity index (χ3v) is 2.53. The van der Waals surface area contributed by atoms with Gasteiger partial charge in [0.1, 0.15) is 11.6 Å². The monoisotopic (exact) mass is 261 g/mol. The Labute approximate surface area is 111 Å². The minimum absolute atomic E-state index is 0.202. The summed E-state index contributed by atoms with van der Waals surface area (Å²) in [5, 5.41) is 6.24. The van der Waals surface area contributed by atoms with Crippen LogP contribution in [0.1, 0.15) is 6.92 Å². The van der Waals surface area contributed by atoms with E-state index < -0.39 is 0 Å². The molecule has 0 aliphatic rings. The third kappa shape index (κ3) is 3.34. The van der Waals surface area contributed by atoms with E-state index >= 15 is 0 Å². The summed E-state index contributed by atoms with van der Waals surface area (Å²) in [6, 6.07) is 10.2. The predicted octanol–water partition coefficient (Wildman–Crippen LogP) is 3.40. The highest BCUT2D eigenvalue weighted by Gasteiger charge is 2.04. The molecule has 0 aliphatic carbocycles. The van der Waals surface area contributed by atoms with Crippen molar-refractivity contribution in [2.45, 2.75) is 6.92 Å². The molecule has 2 rings (SSSR count). The van der Waals surface area contributed by atoms with E-state index in [2.05, 4.69) is 15.6 Å². The third-order valence-electron chi connectivity index (χ3n) is 2.53. The Kier molecular flexibility index (Phi) is 4.18. The van der Waals surface area contributed by atoms with Crippen molar-refractivity contribution >= 4 is 17.3 Å². The largest absolute Gasteiger partial charge is 0.494 e. The summed E-state index contributed by atoms with van der Waals surface area (Å²) in [7, 11) is 1.44. The highest BCUT2D eigenvalue weighted by Crippen LogP contribution is 2.24. The number of ether oxygens (including phenoxy) is 1. The minimum Gasteiger partial charge on any atom is -0.494 e. The molecule has 0 amide bonds. The van der Waals surface area contributed by atoms with E-state index in [4.69, 9.17) is 4.74 Å². The second kappa shape index (κ2) is 6.04. The molecule has 0 bridgehead atoms. The highest BCUT2D eigenvalue weighted by molar-refractivity contribution is 5.60. The van der Waals surface area contributed by atoms with Crippen molar-refractivity contribution in [1.82, 2.24) is 4.98 Å². The standard InChI is InChI=1S/C14H16FN3O/c1-3-16-13-5-4-6-14(18-13)17-10-7-8-11(15)12(9-10)19-2/h4-9H,3H2,1-2H3,(H2,16,17,18). The SMILES string of the molecule is CCNc1cccc(Nc2ccc(F)c(OC)c2)n1. The van der Waals surface area contributed by atoms with E-state index in [0.717, 1.165) is 18.1 Å². The van der Waals surface area contributed by atoms with Crippen molar-refractivity contribution in [3.05, 3.63) is 42.2 Å². The van der Waals surface area contributed by atoms with Crippen molar-refractivity contribution in [2.24, 2.45) is 0 Å². The second-order valence-corrected chi connectivity index (χ2v) is 3.91. The number of nitrogens with zero attached hydrogens (tertiary/aromatic N) is 1. The van der Waals surface area contributed by atoms with Gasteiger partial charge in [0.2, 0.25) is 0 Å². The molecule has 0 spiro atoms. The summed E-state index contributed by atoms with van der Waals surface area (Å²) in [6.07, 6.45) is 0. The maximum absolute atomic E-state index is 13.3. The van der Waals surface area contributed by atoms with Gasteiger partial charge < -0.3 is 15.4 Å². The fourth-order valence-electron chi connectivity index (χ4n) is 1.67. The van der Waals surface area contributed by atoms with Crippen molar-refractivity contribution in [2.75, 3.05) is 24.3 Å². The van der Waals surface area contributed by atoms with Crippen molar-refractivity contribution in [3.8, 4) is 5.75 Å². The molecule has 2 N–H and O–H groups in total. The normalized spacial score (nSPS) is 10.1. The van der Waals surface area contributed by atoms with Gasteiger partial charge >= 0.3 is 0 Å². The summed E-state index contributed by atoms with van der Waals surface area (Å²) in [5.74, 6) is 1.30. The lowest BCUT2D eigenvalue weighted by atomic mass is 10.3. The zero-order valence-electron chi connectivity index (χ0n) is 10.9. The minimum atomic E-state index is -0.387.